The van der Waals surface area contributed by atoms with Crippen LogP contribution in [0.15, 0.2) is 47.9 Å². The molecule has 3 aromatic rings. The first-order valence-corrected chi connectivity index (χ1v) is 8.32. The van der Waals surface area contributed by atoms with Crippen molar-refractivity contribution in [2.75, 3.05) is 0 Å². The SMILES string of the molecule is N#Cc1cncc(/C(=C\n2cnc(-c3cc(S)cc(C(F)(F)F)c3)n2)C(N)=O)c1. The topological polar surface area (TPSA) is 110 Å². The molecule has 2 heterocycles. The van der Waals surface area contributed by atoms with Crippen LogP contribution in [-0.4, -0.2) is 25.7 Å². The van der Waals surface area contributed by atoms with Crippen molar-refractivity contribution in [3.63, 3.8) is 0 Å². The van der Waals surface area contributed by atoms with E-state index in [1.54, 1.807) is 0 Å². The fourth-order valence-corrected chi connectivity index (χ4v) is 2.71. The monoisotopic (exact) mass is 416 g/mol. The number of thiol groups is 1. The fourth-order valence-electron chi connectivity index (χ4n) is 2.43. The van der Waals surface area contributed by atoms with Crippen LogP contribution >= 0.6 is 12.6 Å². The number of carbonyl (C=O) groups excluding carboxylic acids is 1. The summed E-state index contributed by atoms with van der Waals surface area (Å²) in [6.45, 7) is 0. The molecule has 0 atom stereocenters. The van der Waals surface area contributed by atoms with Crippen LogP contribution in [0.2, 0.25) is 0 Å². The van der Waals surface area contributed by atoms with Crippen LogP contribution in [-0.2, 0) is 11.0 Å². The van der Waals surface area contributed by atoms with Gasteiger partial charge in [-0.25, -0.2) is 9.67 Å². The molecule has 0 saturated carbocycles. The van der Waals surface area contributed by atoms with Crippen molar-refractivity contribution >= 4 is 30.3 Å². The summed E-state index contributed by atoms with van der Waals surface area (Å²) < 4.78 is 40.2. The van der Waals surface area contributed by atoms with E-state index < -0.39 is 17.6 Å². The molecular weight excluding hydrogens is 405 g/mol. The predicted octanol–water partition coefficient (Wildman–Crippen LogP) is 3.00. The standard InChI is InChI=1S/C18H11F3N6OS/c19-18(20,21)13-2-11(3-14(29)4-13)17-25-9-27(26-17)8-15(16(23)28)12-1-10(5-22)6-24-7-12/h1-4,6-9,29H,(H2,23,28)/b15-8+. The quantitative estimate of drug-likeness (QED) is 0.502. The average molecular weight is 416 g/mol. The molecule has 2 N–H and O–H groups in total. The number of nitriles is 1. The first-order chi connectivity index (χ1) is 13.7. The largest absolute Gasteiger partial charge is 0.416 e. The molecule has 0 bridgehead atoms. The van der Waals surface area contributed by atoms with Crippen molar-refractivity contribution in [1.29, 1.82) is 5.26 Å². The van der Waals surface area contributed by atoms with Gasteiger partial charge in [0.15, 0.2) is 5.82 Å². The minimum atomic E-state index is -4.55. The molecule has 0 unspecified atom stereocenters. The molecule has 1 amide bonds. The zero-order chi connectivity index (χ0) is 21.2. The number of halogens is 3. The number of amides is 1. The molecule has 0 saturated heterocycles. The molecular formula is C18H11F3N6OS. The summed E-state index contributed by atoms with van der Waals surface area (Å²) in [7, 11) is 0. The molecule has 0 fully saturated rings. The first-order valence-electron chi connectivity index (χ1n) is 7.87. The molecule has 29 heavy (non-hydrogen) atoms. The number of carbonyl (C=O) groups is 1. The van der Waals surface area contributed by atoms with Crippen LogP contribution in [0.4, 0.5) is 13.2 Å². The van der Waals surface area contributed by atoms with E-state index >= 15 is 0 Å². The summed E-state index contributed by atoms with van der Waals surface area (Å²) in [6.07, 6.45) is 0.562. The van der Waals surface area contributed by atoms with E-state index in [1.807, 2.05) is 6.07 Å². The second-order valence-electron chi connectivity index (χ2n) is 5.80. The Morgan fingerprint density at radius 2 is 2.00 bits per heavy atom. The highest BCUT2D eigenvalue weighted by atomic mass is 32.1. The van der Waals surface area contributed by atoms with Crippen molar-refractivity contribution in [1.82, 2.24) is 19.7 Å². The number of nitrogens with two attached hydrogens (primary N) is 1. The number of pyridine rings is 1. The molecule has 0 radical (unpaired) electrons. The summed E-state index contributed by atoms with van der Waals surface area (Å²) in [5.74, 6) is -0.814. The number of hydrogen-bond donors (Lipinski definition) is 2. The predicted molar refractivity (Wildman–Crippen MR) is 100 cm³/mol. The number of benzene rings is 1. The van der Waals surface area contributed by atoms with E-state index in [0.29, 0.717) is 0 Å². The highest BCUT2D eigenvalue weighted by molar-refractivity contribution is 7.80. The number of hydrogen-bond acceptors (Lipinski definition) is 6. The van der Waals surface area contributed by atoms with E-state index in [-0.39, 0.29) is 33.0 Å². The minimum Gasteiger partial charge on any atom is -0.366 e. The average Bonchev–Trinajstić information content (AvgIpc) is 3.13. The third-order valence-corrected chi connectivity index (χ3v) is 3.98. The Balaban J connectivity index is 2.02. The number of primary amides is 1. The molecule has 7 nitrogen and oxygen atoms in total. The first kappa shape index (κ1) is 20.1. The number of rotatable bonds is 4. The van der Waals surface area contributed by atoms with E-state index in [0.717, 1.165) is 16.8 Å². The normalized spacial score (nSPS) is 11.9. The van der Waals surface area contributed by atoms with Gasteiger partial charge in [-0.2, -0.15) is 18.4 Å². The molecule has 1 aromatic carbocycles. The maximum atomic E-state index is 13.0. The van der Waals surface area contributed by atoms with Gasteiger partial charge in [-0.05, 0) is 24.3 Å². The van der Waals surface area contributed by atoms with Crippen molar-refractivity contribution < 1.29 is 18.0 Å². The summed E-state index contributed by atoms with van der Waals surface area (Å²) in [6, 6.07) is 6.50. The summed E-state index contributed by atoms with van der Waals surface area (Å²) in [4.78, 5) is 19.8. The van der Waals surface area contributed by atoms with Crippen LogP contribution in [0.1, 0.15) is 16.7 Å². The van der Waals surface area contributed by atoms with Crippen molar-refractivity contribution in [2.45, 2.75) is 11.1 Å². The Morgan fingerprint density at radius 3 is 2.66 bits per heavy atom. The Labute approximate surface area is 167 Å². The van der Waals surface area contributed by atoms with Crippen molar-refractivity contribution in [2.24, 2.45) is 5.73 Å². The Morgan fingerprint density at radius 1 is 1.24 bits per heavy atom. The van der Waals surface area contributed by atoms with Gasteiger partial charge in [0.05, 0.1) is 16.7 Å². The minimum absolute atomic E-state index is 0.00429. The summed E-state index contributed by atoms with van der Waals surface area (Å²) in [5.41, 5.74) is 5.11. The number of alkyl halides is 3. The lowest BCUT2D eigenvalue weighted by atomic mass is 10.1. The molecule has 146 valence electrons. The lowest BCUT2D eigenvalue weighted by Crippen LogP contribution is -2.14. The van der Waals surface area contributed by atoms with Gasteiger partial charge in [-0.15, -0.1) is 17.7 Å². The maximum Gasteiger partial charge on any atom is 0.416 e. The Kier molecular flexibility index (Phi) is 5.38. The van der Waals surface area contributed by atoms with E-state index in [9.17, 15) is 18.0 Å². The van der Waals surface area contributed by atoms with Gasteiger partial charge < -0.3 is 5.73 Å². The molecule has 11 heteroatoms. The number of aromatic nitrogens is 4. The van der Waals surface area contributed by atoms with Crippen LogP contribution < -0.4 is 5.73 Å². The second kappa shape index (κ2) is 7.76. The zero-order valence-corrected chi connectivity index (χ0v) is 15.3. The lowest BCUT2D eigenvalue weighted by Gasteiger charge is -2.08. The van der Waals surface area contributed by atoms with Crippen molar-refractivity contribution in [3.05, 3.63) is 59.7 Å². The van der Waals surface area contributed by atoms with Crippen LogP contribution in [0.3, 0.4) is 0 Å². The van der Waals surface area contributed by atoms with Crippen molar-refractivity contribution in [3.8, 4) is 17.5 Å². The lowest BCUT2D eigenvalue weighted by molar-refractivity contribution is -0.137. The van der Waals surface area contributed by atoms with E-state index in [2.05, 4.69) is 27.7 Å². The highest BCUT2D eigenvalue weighted by Gasteiger charge is 2.31. The van der Waals surface area contributed by atoms with Gasteiger partial charge in [-0.3, -0.25) is 9.78 Å². The van der Waals surface area contributed by atoms with Crippen LogP contribution in [0.5, 0.6) is 0 Å². The Hall–Kier alpha value is -3.65. The molecule has 0 spiro atoms. The fraction of sp³-hybridized carbons (Fsp3) is 0.0556. The molecule has 3 rings (SSSR count). The molecule has 2 aromatic heterocycles. The van der Waals surface area contributed by atoms with Crippen LogP contribution in [0, 0.1) is 11.3 Å². The van der Waals surface area contributed by atoms with E-state index in [1.165, 1.54) is 37.1 Å². The number of nitrogens with zero attached hydrogens (tertiary/aromatic N) is 5. The van der Waals surface area contributed by atoms with Crippen LogP contribution in [0.25, 0.3) is 23.2 Å². The summed E-state index contributed by atoms with van der Waals surface area (Å²) >= 11 is 3.99. The van der Waals surface area contributed by atoms with Gasteiger partial charge in [-0.1, -0.05) is 0 Å². The van der Waals surface area contributed by atoms with Gasteiger partial charge in [0, 0.05) is 34.6 Å². The smallest absolute Gasteiger partial charge is 0.366 e. The zero-order valence-electron chi connectivity index (χ0n) is 14.4. The Bertz CT molecular complexity index is 1160. The highest BCUT2D eigenvalue weighted by Crippen LogP contribution is 2.33. The maximum absolute atomic E-state index is 13.0. The summed E-state index contributed by atoms with van der Waals surface area (Å²) in [5, 5.41) is 13.0. The second-order valence-corrected chi connectivity index (χ2v) is 6.31. The van der Waals surface area contributed by atoms with Gasteiger partial charge in [0.1, 0.15) is 12.4 Å². The van der Waals surface area contributed by atoms with E-state index in [4.69, 9.17) is 11.0 Å². The van der Waals surface area contributed by atoms with Gasteiger partial charge in [0.2, 0.25) is 0 Å². The molecule has 0 aliphatic rings. The third kappa shape index (κ3) is 4.61. The van der Waals surface area contributed by atoms with Gasteiger partial charge >= 0.3 is 6.18 Å². The molecule has 0 aliphatic carbocycles. The molecule has 0 aliphatic heterocycles. The third-order valence-electron chi connectivity index (χ3n) is 3.72. The van der Waals surface area contributed by atoms with Gasteiger partial charge in [0.25, 0.3) is 5.91 Å².